The van der Waals surface area contributed by atoms with Gasteiger partial charge in [0.1, 0.15) is 12.4 Å². The molecule has 1 aliphatic heterocycles. The van der Waals surface area contributed by atoms with Crippen LogP contribution in [0.25, 0.3) is 0 Å². The van der Waals surface area contributed by atoms with Gasteiger partial charge in [0.05, 0.1) is 11.1 Å². The third kappa shape index (κ3) is 2.35. The van der Waals surface area contributed by atoms with Crippen LogP contribution < -0.4 is 10.1 Å². The maximum Gasteiger partial charge on any atom is 0.233 e. The van der Waals surface area contributed by atoms with Crippen LogP contribution in [0.2, 0.25) is 0 Å². The minimum absolute atomic E-state index is 0.00677. The Hall–Kier alpha value is -1.51. The molecule has 0 saturated heterocycles. The summed E-state index contributed by atoms with van der Waals surface area (Å²) in [6.07, 6.45) is 0. The van der Waals surface area contributed by atoms with E-state index in [4.69, 9.17) is 4.74 Å². The summed E-state index contributed by atoms with van der Waals surface area (Å²) < 4.78 is 5.72. The number of ether oxygens (including phenoxy) is 1. The molecule has 0 fully saturated rings. The molecule has 0 atom stereocenters. The first-order valence-electron chi connectivity index (χ1n) is 6.29. The molecule has 0 aliphatic carbocycles. The van der Waals surface area contributed by atoms with Gasteiger partial charge >= 0.3 is 0 Å². The van der Waals surface area contributed by atoms with Gasteiger partial charge in [-0.05, 0) is 37.0 Å². The Bertz CT molecular complexity index is 484. The monoisotopic (exact) mass is 247 g/mol. The number of nitrogens with one attached hydrogen (secondary N) is 1. The number of hydrogen-bond acceptors (Lipinski definition) is 2. The standard InChI is InChI=1S/C15H21NO2/c1-14(2,3)10-6-7-12-11(8-10)16-13(17)15(4,5)9-18-12/h6-8H,9H2,1-5H3,(H,16,17). The van der Waals surface area contributed by atoms with Gasteiger partial charge in [0.25, 0.3) is 0 Å². The van der Waals surface area contributed by atoms with E-state index in [1.807, 2.05) is 26.0 Å². The first-order chi connectivity index (χ1) is 8.20. The van der Waals surface area contributed by atoms with Crippen LogP contribution in [-0.4, -0.2) is 12.5 Å². The maximum atomic E-state index is 12.1. The van der Waals surface area contributed by atoms with Crippen molar-refractivity contribution in [1.29, 1.82) is 0 Å². The van der Waals surface area contributed by atoms with Gasteiger partial charge in [-0.3, -0.25) is 4.79 Å². The average molecular weight is 247 g/mol. The highest BCUT2D eigenvalue weighted by atomic mass is 16.5. The smallest absolute Gasteiger partial charge is 0.233 e. The number of hydrogen-bond donors (Lipinski definition) is 1. The lowest BCUT2D eigenvalue weighted by atomic mass is 9.87. The molecule has 0 unspecified atom stereocenters. The number of amides is 1. The maximum absolute atomic E-state index is 12.1. The summed E-state index contributed by atoms with van der Waals surface area (Å²) in [6, 6.07) is 6.01. The van der Waals surface area contributed by atoms with E-state index in [2.05, 4.69) is 32.2 Å². The van der Waals surface area contributed by atoms with Gasteiger partial charge in [0.15, 0.2) is 0 Å². The molecule has 0 spiro atoms. The van der Waals surface area contributed by atoms with E-state index in [9.17, 15) is 4.79 Å². The highest BCUT2D eigenvalue weighted by Crippen LogP contribution is 2.35. The Kier molecular flexibility index (Phi) is 2.88. The van der Waals surface area contributed by atoms with Crippen molar-refractivity contribution in [3.63, 3.8) is 0 Å². The van der Waals surface area contributed by atoms with E-state index in [0.29, 0.717) is 6.61 Å². The summed E-state index contributed by atoms with van der Waals surface area (Å²) in [6.45, 7) is 10.6. The molecule has 1 N–H and O–H groups in total. The predicted octanol–water partition coefficient (Wildman–Crippen LogP) is 3.34. The molecule has 1 aliphatic rings. The highest BCUT2D eigenvalue weighted by molar-refractivity contribution is 5.97. The van der Waals surface area contributed by atoms with Gasteiger partial charge in [-0.25, -0.2) is 0 Å². The summed E-state index contributed by atoms with van der Waals surface area (Å²) in [7, 11) is 0. The molecule has 1 heterocycles. The Morgan fingerprint density at radius 1 is 1.28 bits per heavy atom. The zero-order chi connectivity index (χ0) is 13.6. The average Bonchev–Trinajstić information content (AvgIpc) is 2.35. The van der Waals surface area contributed by atoms with Crippen molar-refractivity contribution >= 4 is 11.6 Å². The SMILES string of the molecule is CC1(C)COc2ccc(C(C)(C)C)cc2NC1=O. The quantitative estimate of drug-likeness (QED) is 0.763. The third-order valence-electron chi connectivity index (χ3n) is 3.30. The predicted molar refractivity (Wildman–Crippen MR) is 73.0 cm³/mol. The highest BCUT2D eigenvalue weighted by Gasteiger charge is 2.32. The Labute approximate surface area is 109 Å². The topological polar surface area (TPSA) is 38.3 Å². The summed E-state index contributed by atoms with van der Waals surface area (Å²) in [5.74, 6) is 0.759. The fourth-order valence-electron chi connectivity index (χ4n) is 1.84. The molecule has 3 heteroatoms. The van der Waals surface area contributed by atoms with Crippen LogP contribution in [0, 0.1) is 5.41 Å². The number of carbonyl (C=O) groups is 1. The van der Waals surface area contributed by atoms with Crippen molar-refractivity contribution in [3.05, 3.63) is 23.8 Å². The van der Waals surface area contributed by atoms with Crippen LogP contribution in [0.15, 0.2) is 18.2 Å². The van der Waals surface area contributed by atoms with E-state index in [1.54, 1.807) is 0 Å². The molecule has 2 rings (SSSR count). The second-order valence-corrected chi connectivity index (χ2v) is 6.59. The minimum Gasteiger partial charge on any atom is -0.490 e. The molecule has 0 saturated carbocycles. The van der Waals surface area contributed by atoms with E-state index >= 15 is 0 Å². The van der Waals surface area contributed by atoms with Crippen LogP contribution in [-0.2, 0) is 10.2 Å². The number of fused-ring (bicyclic) bond motifs is 1. The van der Waals surface area contributed by atoms with Crippen LogP contribution in [0.3, 0.4) is 0 Å². The van der Waals surface area contributed by atoms with Crippen LogP contribution in [0.4, 0.5) is 5.69 Å². The molecule has 98 valence electrons. The van der Waals surface area contributed by atoms with Crippen molar-refractivity contribution in [3.8, 4) is 5.75 Å². The second kappa shape index (κ2) is 4.01. The third-order valence-corrected chi connectivity index (χ3v) is 3.30. The number of benzene rings is 1. The summed E-state index contributed by atoms with van der Waals surface area (Å²) >= 11 is 0. The molecule has 18 heavy (non-hydrogen) atoms. The van der Waals surface area contributed by atoms with Gasteiger partial charge in [-0.1, -0.05) is 26.8 Å². The number of rotatable bonds is 0. The fourth-order valence-corrected chi connectivity index (χ4v) is 1.84. The van der Waals surface area contributed by atoms with E-state index in [-0.39, 0.29) is 11.3 Å². The molecular formula is C15H21NO2. The molecule has 0 radical (unpaired) electrons. The largest absolute Gasteiger partial charge is 0.490 e. The summed E-state index contributed by atoms with van der Waals surface area (Å²) in [4.78, 5) is 12.1. The summed E-state index contributed by atoms with van der Waals surface area (Å²) in [5, 5.41) is 2.96. The van der Waals surface area contributed by atoms with Gasteiger partial charge in [0.2, 0.25) is 5.91 Å². The van der Waals surface area contributed by atoms with Gasteiger partial charge in [-0.2, -0.15) is 0 Å². The van der Waals surface area contributed by atoms with E-state index in [1.165, 1.54) is 5.56 Å². The van der Waals surface area contributed by atoms with Gasteiger partial charge in [0, 0.05) is 0 Å². The zero-order valence-electron chi connectivity index (χ0n) is 11.8. The van der Waals surface area contributed by atoms with Crippen molar-refractivity contribution in [1.82, 2.24) is 0 Å². The van der Waals surface area contributed by atoms with Gasteiger partial charge < -0.3 is 10.1 Å². The van der Waals surface area contributed by atoms with Crippen molar-refractivity contribution in [2.45, 2.75) is 40.0 Å². The van der Waals surface area contributed by atoms with Crippen molar-refractivity contribution < 1.29 is 9.53 Å². The number of anilines is 1. The van der Waals surface area contributed by atoms with Crippen LogP contribution >= 0.6 is 0 Å². The fraction of sp³-hybridized carbons (Fsp3) is 0.533. The van der Waals surface area contributed by atoms with E-state index in [0.717, 1.165) is 11.4 Å². The minimum atomic E-state index is -0.499. The molecule has 1 aromatic rings. The number of carbonyl (C=O) groups excluding carboxylic acids is 1. The van der Waals surface area contributed by atoms with Gasteiger partial charge in [-0.15, -0.1) is 0 Å². The van der Waals surface area contributed by atoms with E-state index < -0.39 is 5.41 Å². The van der Waals surface area contributed by atoms with Crippen LogP contribution in [0.5, 0.6) is 5.75 Å². The lowest BCUT2D eigenvalue weighted by molar-refractivity contribution is -0.124. The molecule has 1 amide bonds. The summed E-state index contributed by atoms with van der Waals surface area (Å²) in [5.41, 5.74) is 1.52. The Morgan fingerprint density at radius 3 is 2.56 bits per heavy atom. The first-order valence-corrected chi connectivity index (χ1v) is 6.29. The van der Waals surface area contributed by atoms with Crippen molar-refractivity contribution in [2.24, 2.45) is 5.41 Å². The van der Waals surface area contributed by atoms with Crippen LogP contribution in [0.1, 0.15) is 40.2 Å². The normalized spacial score (nSPS) is 18.4. The Morgan fingerprint density at radius 2 is 1.94 bits per heavy atom. The molecular weight excluding hydrogens is 226 g/mol. The molecule has 0 aromatic heterocycles. The lowest BCUT2D eigenvalue weighted by Gasteiger charge is -2.20. The van der Waals surface area contributed by atoms with Crippen molar-refractivity contribution in [2.75, 3.05) is 11.9 Å². The second-order valence-electron chi connectivity index (χ2n) is 6.59. The molecule has 1 aromatic carbocycles. The lowest BCUT2D eigenvalue weighted by Crippen LogP contribution is -2.33. The first kappa shape index (κ1) is 12.9. The molecule has 0 bridgehead atoms. The Balaban J connectivity index is 2.41. The zero-order valence-corrected chi connectivity index (χ0v) is 11.8. The molecule has 3 nitrogen and oxygen atoms in total.